The van der Waals surface area contributed by atoms with Crippen LogP contribution in [0.1, 0.15) is 38.7 Å². The lowest BCUT2D eigenvalue weighted by atomic mass is 9.78. The first-order valence-corrected chi connectivity index (χ1v) is 9.27. The SMILES string of the molecule is CC(C)COc1ccc(CC(=O)N2CCC3(CCNC3)CC2)cc1.Cl. The molecule has 0 bridgehead atoms. The van der Waals surface area contributed by atoms with Gasteiger partial charge < -0.3 is 15.0 Å². The molecule has 25 heavy (non-hydrogen) atoms. The largest absolute Gasteiger partial charge is 0.493 e. The number of hydrogen-bond acceptors (Lipinski definition) is 3. The van der Waals surface area contributed by atoms with Gasteiger partial charge in [-0.1, -0.05) is 26.0 Å². The van der Waals surface area contributed by atoms with Gasteiger partial charge in [0.1, 0.15) is 5.75 Å². The minimum absolute atomic E-state index is 0. The lowest BCUT2D eigenvalue weighted by molar-refractivity contribution is -0.132. The number of carbonyl (C=O) groups excluding carboxylic acids is 1. The third-order valence-electron chi connectivity index (χ3n) is 5.37. The Balaban J connectivity index is 0.00000225. The molecule has 2 heterocycles. The highest BCUT2D eigenvalue weighted by atomic mass is 35.5. The third-order valence-corrected chi connectivity index (χ3v) is 5.37. The Bertz CT molecular complexity index is 543. The van der Waals surface area contributed by atoms with Gasteiger partial charge in [-0.05, 0) is 54.8 Å². The molecule has 0 radical (unpaired) electrons. The molecule has 0 aliphatic carbocycles. The number of rotatable bonds is 5. The van der Waals surface area contributed by atoms with E-state index < -0.39 is 0 Å². The van der Waals surface area contributed by atoms with Crippen molar-refractivity contribution in [2.24, 2.45) is 11.3 Å². The Morgan fingerprint density at radius 2 is 1.88 bits per heavy atom. The molecule has 2 aliphatic heterocycles. The van der Waals surface area contributed by atoms with Crippen molar-refractivity contribution in [1.29, 1.82) is 0 Å². The first-order valence-electron chi connectivity index (χ1n) is 9.27. The molecule has 3 rings (SSSR count). The van der Waals surface area contributed by atoms with Crippen LogP contribution < -0.4 is 10.1 Å². The van der Waals surface area contributed by atoms with Crippen molar-refractivity contribution in [3.8, 4) is 5.75 Å². The van der Waals surface area contributed by atoms with Crippen LogP contribution in [-0.4, -0.2) is 43.6 Å². The van der Waals surface area contributed by atoms with Crippen molar-refractivity contribution in [2.45, 2.75) is 39.5 Å². The molecule has 5 heteroatoms. The van der Waals surface area contributed by atoms with Gasteiger partial charge in [0.25, 0.3) is 0 Å². The number of likely N-dealkylation sites (tertiary alicyclic amines) is 1. The number of hydrogen-bond donors (Lipinski definition) is 1. The minimum Gasteiger partial charge on any atom is -0.493 e. The Hall–Kier alpha value is -1.26. The topological polar surface area (TPSA) is 41.6 Å². The third kappa shape index (κ3) is 5.35. The van der Waals surface area contributed by atoms with E-state index in [-0.39, 0.29) is 18.3 Å². The number of ether oxygens (including phenoxy) is 1. The van der Waals surface area contributed by atoms with Gasteiger partial charge in [0.05, 0.1) is 13.0 Å². The number of benzene rings is 1. The summed E-state index contributed by atoms with van der Waals surface area (Å²) in [7, 11) is 0. The monoisotopic (exact) mass is 366 g/mol. The van der Waals surface area contributed by atoms with Crippen molar-refractivity contribution >= 4 is 18.3 Å². The maximum absolute atomic E-state index is 12.5. The first-order chi connectivity index (χ1) is 11.6. The van der Waals surface area contributed by atoms with E-state index in [0.29, 0.717) is 17.8 Å². The molecule has 0 aromatic heterocycles. The van der Waals surface area contributed by atoms with E-state index in [1.807, 2.05) is 29.2 Å². The number of piperidine rings is 1. The fourth-order valence-corrected chi connectivity index (χ4v) is 3.71. The normalized spacial score (nSPS) is 19.1. The molecule has 0 saturated carbocycles. The molecular formula is C20H31ClN2O2. The van der Waals surface area contributed by atoms with Gasteiger partial charge in [-0.25, -0.2) is 0 Å². The number of nitrogens with zero attached hydrogens (tertiary/aromatic N) is 1. The Morgan fingerprint density at radius 1 is 1.20 bits per heavy atom. The Morgan fingerprint density at radius 3 is 2.44 bits per heavy atom. The zero-order chi connectivity index (χ0) is 17.0. The standard InChI is InChI=1S/C20H30N2O2.ClH/c1-16(2)14-24-18-5-3-17(4-6-18)13-19(23)22-11-8-20(9-12-22)7-10-21-15-20;/h3-6,16,21H,7-15H2,1-2H3;1H. The summed E-state index contributed by atoms with van der Waals surface area (Å²) in [5.74, 6) is 1.66. The van der Waals surface area contributed by atoms with E-state index in [1.165, 1.54) is 6.42 Å². The van der Waals surface area contributed by atoms with Gasteiger partial charge in [0.15, 0.2) is 0 Å². The average molecular weight is 367 g/mol. The van der Waals surface area contributed by atoms with Crippen LogP contribution in [0.5, 0.6) is 5.75 Å². The minimum atomic E-state index is 0. The first kappa shape index (κ1) is 20.1. The summed E-state index contributed by atoms with van der Waals surface area (Å²) in [6.45, 7) is 9.09. The van der Waals surface area contributed by atoms with E-state index >= 15 is 0 Å². The number of nitrogens with one attached hydrogen (secondary N) is 1. The summed E-state index contributed by atoms with van der Waals surface area (Å²) in [4.78, 5) is 14.6. The maximum atomic E-state index is 12.5. The molecule has 1 aromatic rings. The van der Waals surface area contributed by atoms with Crippen molar-refractivity contribution < 1.29 is 9.53 Å². The molecule has 2 saturated heterocycles. The molecular weight excluding hydrogens is 336 g/mol. The molecule has 4 nitrogen and oxygen atoms in total. The van der Waals surface area contributed by atoms with Crippen LogP contribution >= 0.6 is 12.4 Å². The molecule has 1 aromatic carbocycles. The average Bonchev–Trinajstić information content (AvgIpc) is 3.03. The van der Waals surface area contributed by atoms with Crippen LogP contribution in [0.4, 0.5) is 0 Å². The van der Waals surface area contributed by atoms with Gasteiger partial charge >= 0.3 is 0 Å². The highest BCUT2D eigenvalue weighted by Crippen LogP contribution is 2.37. The lowest BCUT2D eigenvalue weighted by Crippen LogP contribution is -2.44. The number of amides is 1. The smallest absolute Gasteiger partial charge is 0.226 e. The van der Waals surface area contributed by atoms with Crippen molar-refractivity contribution in [2.75, 3.05) is 32.8 Å². The van der Waals surface area contributed by atoms with E-state index in [0.717, 1.165) is 56.9 Å². The van der Waals surface area contributed by atoms with Crippen LogP contribution in [0.3, 0.4) is 0 Å². The van der Waals surface area contributed by atoms with Crippen LogP contribution in [0.25, 0.3) is 0 Å². The molecule has 0 atom stereocenters. The second kappa shape index (κ2) is 8.91. The van der Waals surface area contributed by atoms with Gasteiger partial charge in [0.2, 0.25) is 5.91 Å². The molecule has 2 fully saturated rings. The Labute approximate surface area is 157 Å². The van der Waals surface area contributed by atoms with Crippen LogP contribution in [0.2, 0.25) is 0 Å². The highest BCUT2D eigenvalue weighted by molar-refractivity contribution is 5.85. The van der Waals surface area contributed by atoms with Crippen molar-refractivity contribution in [3.05, 3.63) is 29.8 Å². The molecule has 1 amide bonds. The van der Waals surface area contributed by atoms with E-state index in [4.69, 9.17) is 4.74 Å². The predicted molar refractivity (Wildman–Crippen MR) is 103 cm³/mol. The Kier molecular flexibility index (Phi) is 7.14. The number of halogens is 1. The van der Waals surface area contributed by atoms with Crippen molar-refractivity contribution in [1.82, 2.24) is 10.2 Å². The maximum Gasteiger partial charge on any atom is 0.226 e. The summed E-state index contributed by atoms with van der Waals surface area (Å²) < 4.78 is 5.70. The fraction of sp³-hybridized carbons (Fsp3) is 0.650. The quantitative estimate of drug-likeness (QED) is 0.869. The van der Waals surface area contributed by atoms with Crippen LogP contribution in [0.15, 0.2) is 24.3 Å². The van der Waals surface area contributed by atoms with E-state index in [2.05, 4.69) is 19.2 Å². The second-order valence-electron chi connectivity index (χ2n) is 7.83. The molecule has 1 N–H and O–H groups in total. The van der Waals surface area contributed by atoms with Crippen LogP contribution in [-0.2, 0) is 11.2 Å². The van der Waals surface area contributed by atoms with Crippen LogP contribution in [0, 0.1) is 11.3 Å². The highest BCUT2D eigenvalue weighted by Gasteiger charge is 2.37. The zero-order valence-corrected chi connectivity index (χ0v) is 16.2. The zero-order valence-electron chi connectivity index (χ0n) is 15.4. The summed E-state index contributed by atoms with van der Waals surface area (Å²) in [5.41, 5.74) is 1.53. The number of carbonyl (C=O) groups is 1. The molecule has 140 valence electrons. The summed E-state index contributed by atoms with van der Waals surface area (Å²) >= 11 is 0. The van der Waals surface area contributed by atoms with Gasteiger partial charge in [-0.3, -0.25) is 4.79 Å². The van der Waals surface area contributed by atoms with E-state index in [1.54, 1.807) is 0 Å². The summed E-state index contributed by atoms with van der Waals surface area (Å²) in [5, 5.41) is 3.47. The van der Waals surface area contributed by atoms with Crippen molar-refractivity contribution in [3.63, 3.8) is 0 Å². The molecule has 2 aliphatic rings. The van der Waals surface area contributed by atoms with Gasteiger partial charge in [-0.15, -0.1) is 12.4 Å². The van der Waals surface area contributed by atoms with Gasteiger partial charge in [-0.2, -0.15) is 0 Å². The summed E-state index contributed by atoms with van der Waals surface area (Å²) in [6.07, 6.45) is 4.06. The fourth-order valence-electron chi connectivity index (χ4n) is 3.71. The molecule has 1 spiro atoms. The summed E-state index contributed by atoms with van der Waals surface area (Å²) in [6, 6.07) is 7.97. The lowest BCUT2D eigenvalue weighted by Gasteiger charge is -2.39. The van der Waals surface area contributed by atoms with Gasteiger partial charge in [0, 0.05) is 19.6 Å². The predicted octanol–water partition coefficient (Wildman–Crippen LogP) is 3.29. The second-order valence-corrected chi connectivity index (χ2v) is 7.83. The molecule has 0 unspecified atom stereocenters. The van der Waals surface area contributed by atoms with E-state index in [9.17, 15) is 4.79 Å².